The van der Waals surface area contributed by atoms with E-state index in [2.05, 4.69) is 0 Å². The van der Waals surface area contributed by atoms with E-state index in [1.807, 2.05) is 17.9 Å². The molecule has 0 saturated carbocycles. The van der Waals surface area contributed by atoms with Crippen molar-refractivity contribution < 1.29 is 19.4 Å². The Morgan fingerprint density at radius 3 is 2.77 bits per heavy atom. The first-order chi connectivity index (χ1) is 10.5. The molecule has 22 heavy (non-hydrogen) atoms. The maximum absolute atomic E-state index is 12.8. The van der Waals surface area contributed by atoms with Gasteiger partial charge in [0.2, 0.25) is 0 Å². The molecular formula is C17H23NO4. The number of likely N-dealkylation sites (tertiary alicyclic amines) is 1. The molecule has 0 aliphatic carbocycles. The molecule has 0 radical (unpaired) electrons. The third kappa shape index (κ3) is 3.78. The van der Waals surface area contributed by atoms with Crippen LogP contribution in [0.25, 0.3) is 0 Å². The number of hydrogen-bond acceptors (Lipinski definition) is 3. The number of carboxylic acid groups (broad SMARTS) is 1. The lowest BCUT2D eigenvalue weighted by Gasteiger charge is -2.36. The number of carbonyl (C=O) groups excluding carboxylic acids is 1. The van der Waals surface area contributed by atoms with Gasteiger partial charge in [0.05, 0.1) is 7.11 Å². The molecule has 1 aromatic rings. The minimum absolute atomic E-state index is 0.00441. The number of benzene rings is 1. The van der Waals surface area contributed by atoms with Crippen molar-refractivity contribution in [1.82, 2.24) is 4.90 Å². The van der Waals surface area contributed by atoms with Crippen molar-refractivity contribution in [2.24, 2.45) is 0 Å². The zero-order valence-corrected chi connectivity index (χ0v) is 13.2. The smallest absolute Gasteiger partial charge is 0.303 e. The number of nitrogens with zero attached hydrogens (tertiary/aromatic N) is 1. The first-order valence-corrected chi connectivity index (χ1v) is 7.70. The van der Waals surface area contributed by atoms with E-state index >= 15 is 0 Å². The second-order valence-corrected chi connectivity index (χ2v) is 5.76. The second kappa shape index (κ2) is 7.29. The molecule has 1 N–H and O–H groups in total. The molecule has 1 saturated heterocycles. The summed E-state index contributed by atoms with van der Waals surface area (Å²) >= 11 is 0. The molecular weight excluding hydrogens is 282 g/mol. The van der Waals surface area contributed by atoms with Crippen LogP contribution in [0, 0.1) is 6.92 Å². The zero-order valence-electron chi connectivity index (χ0n) is 13.2. The van der Waals surface area contributed by atoms with Crippen molar-refractivity contribution in [3.8, 4) is 5.75 Å². The summed E-state index contributed by atoms with van der Waals surface area (Å²) in [6, 6.07) is 5.46. The molecule has 1 aliphatic rings. The van der Waals surface area contributed by atoms with E-state index < -0.39 is 5.97 Å². The number of hydrogen-bond donors (Lipinski definition) is 1. The fourth-order valence-electron chi connectivity index (χ4n) is 3.02. The van der Waals surface area contributed by atoms with Crippen LogP contribution in [-0.4, -0.2) is 41.6 Å². The van der Waals surface area contributed by atoms with E-state index in [1.54, 1.807) is 19.2 Å². The number of aryl methyl sites for hydroxylation is 1. The molecule has 0 spiro atoms. The summed E-state index contributed by atoms with van der Waals surface area (Å²) in [7, 11) is 1.60. The summed E-state index contributed by atoms with van der Waals surface area (Å²) < 4.78 is 5.17. The van der Waals surface area contributed by atoms with Crippen molar-refractivity contribution in [3.05, 3.63) is 29.3 Å². The van der Waals surface area contributed by atoms with Gasteiger partial charge in [-0.05, 0) is 56.4 Å². The van der Waals surface area contributed by atoms with Crippen LogP contribution in [0.5, 0.6) is 5.75 Å². The maximum atomic E-state index is 12.8. The van der Waals surface area contributed by atoms with Crippen LogP contribution in [0.3, 0.4) is 0 Å². The van der Waals surface area contributed by atoms with Crippen molar-refractivity contribution in [3.63, 3.8) is 0 Å². The molecule has 0 unspecified atom stereocenters. The first kappa shape index (κ1) is 16.3. The third-order valence-electron chi connectivity index (χ3n) is 4.24. The van der Waals surface area contributed by atoms with Crippen LogP contribution in [0.4, 0.5) is 0 Å². The Labute approximate surface area is 130 Å². The Hall–Kier alpha value is -2.04. The van der Waals surface area contributed by atoms with E-state index in [4.69, 9.17) is 9.84 Å². The van der Waals surface area contributed by atoms with Gasteiger partial charge in [-0.1, -0.05) is 0 Å². The Morgan fingerprint density at radius 1 is 1.36 bits per heavy atom. The van der Waals surface area contributed by atoms with Crippen LogP contribution in [0.2, 0.25) is 0 Å². The summed E-state index contributed by atoms with van der Waals surface area (Å²) in [5.41, 5.74) is 1.55. The largest absolute Gasteiger partial charge is 0.497 e. The van der Waals surface area contributed by atoms with Crippen molar-refractivity contribution >= 4 is 11.9 Å². The highest BCUT2D eigenvalue weighted by atomic mass is 16.5. The minimum atomic E-state index is -0.807. The fraction of sp³-hybridized carbons (Fsp3) is 0.529. The van der Waals surface area contributed by atoms with Crippen molar-refractivity contribution in [1.29, 1.82) is 0 Å². The number of amides is 1. The van der Waals surface area contributed by atoms with Gasteiger partial charge in [0, 0.05) is 24.6 Å². The second-order valence-electron chi connectivity index (χ2n) is 5.76. The fourth-order valence-corrected chi connectivity index (χ4v) is 3.02. The van der Waals surface area contributed by atoms with Gasteiger partial charge in [0.1, 0.15) is 5.75 Å². The molecule has 1 heterocycles. The van der Waals surface area contributed by atoms with E-state index in [1.165, 1.54) is 0 Å². The Bertz CT molecular complexity index is 556. The number of methoxy groups -OCH3 is 1. The number of piperidine rings is 1. The number of ether oxygens (including phenoxy) is 1. The summed E-state index contributed by atoms with van der Waals surface area (Å²) in [5.74, 6) is -0.0797. The molecule has 1 aliphatic heterocycles. The van der Waals surface area contributed by atoms with Gasteiger partial charge < -0.3 is 14.7 Å². The molecule has 120 valence electrons. The summed E-state index contributed by atoms with van der Waals surface area (Å²) in [6.07, 6.45) is 3.54. The standard InChI is InChI=1S/C17H23NO4/c1-12-11-14(22-2)7-8-15(12)17(21)18-10-4-3-5-13(18)6-9-16(19)20/h7-8,11,13H,3-6,9-10H2,1-2H3,(H,19,20)/t13-/m0/s1. The van der Waals surface area contributed by atoms with E-state index in [-0.39, 0.29) is 18.4 Å². The molecule has 1 aromatic carbocycles. The molecule has 5 heteroatoms. The van der Waals surface area contributed by atoms with Gasteiger partial charge in [-0.2, -0.15) is 0 Å². The predicted octanol–water partition coefficient (Wildman–Crippen LogP) is 2.86. The van der Waals surface area contributed by atoms with E-state index in [0.717, 1.165) is 30.6 Å². The highest BCUT2D eigenvalue weighted by Gasteiger charge is 2.28. The molecule has 1 amide bonds. The van der Waals surface area contributed by atoms with Gasteiger partial charge in [0.15, 0.2) is 0 Å². The monoisotopic (exact) mass is 305 g/mol. The van der Waals surface area contributed by atoms with Crippen LogP contribution in [0.15, 0.2) is 18.2 Å². The molecule has 0 bridgehead atoms. The van der Waals surface area contributed by atoms with Crippen molar-refractivity contribution in [2.75, 3.05) is 13.7 Å². The molecule has 0 aromatic heterocycles. The topological polar surface area (TPSA) is 66.8 Å². The number of carboxylic acids is 1. The molecule has 1 atom stereocenters. The van der Waals surface area contributed by atoms with Gasteiger partial charge in [0.25, 0.3) is 5.91 Å². The Kier molecular flexibility index (Phi) is 5.41. The Balaban J connectivity index is 2.16. The molecule has 1 fully saturated rings. The predicted molar refractivity (Wildman–Crippen MR) is 83.3 cm³/mol. The maximum Gasteiger partial charge on any atom is 0.303 e. The lowest BCUT2D eigenvalue weighted by molar-refractivity contribution is -0.137. The SMILES string of the molecule is COc1ccc(C(=O)N2CCCC[C@H]2CCC(=O)O)c(C)c1. The average Bonchev–Trinajstić information content (AvgIpc) is 2.52. The van der Waals surface area contributed by atoms with Crippen LogP contribution in [-0.2, 0) is 4.79 Å². The summed E-state index contributed by atoms with van der Waals surface area (Å²) in [5, 5.41) is 8.87. The number of aliphatic carboxylic acids is 1. The quantitative estimate of drug-likeness (QED) is 0.908. The van der Waals surface area contributed by atoms with Crippen molar-refractivity contribution in [2.45, 2.75) is 45.1 Å². The summed E-state index contributed by atoms with van der Waals surface area (Å²) in [4.78, 5) is 25.5. The normalized spacial score (nSPS) is 18.1. The third-order valence-corrected chi connectivity index (χ3v) is 4.24. The van der Waals surface area contributed by atoms with Crippen LogP contribution in [0.1, 0.15) is 48.0 Å². The van der Waals surface area contributed by atoms with E-state index in [9.17, 15) is 9.59 Å². The van der Waals surface area contributed by atoms with Gasteiger partial charge in [-0.25, -0.2) is 0 Å². The molecule has 5 nitrogen and oxygen atoms in total. The average molecular weight is 305 g/mol. The number of rotatable bonds is 5. The lowest BCUT2D eigenvalue weighted by Crippen LogP contribution is -2.44. The highest BCUT2D eigenvalue weighted by molar-refractivity contribution is 5.96. The van der Waals surface area contributed by atoms with E-state index in [0.29, 0.717) is 18.5 Å². The molecule has 2 rings (SSSR count). The minimum Gasteiger partial charge on any atom is -0.497 e. The van der Waals surface area contributed by atoms with Gasteiger partial charge >= 0.3 is 5.97 Å². The number of carbonyl (C=O) groups is 2. The zero-order chi connectivity index (χ0) is 16.1. The first-order valence-electron chi connectivity index (χ1n) is 7.70. The van der Waals surface area contributed by atoms with Crippen LogP contribution >= 0.6 is 0 Å². The van der Waals surface area contributed by atoms with Gasteiger partial charge in [-0.3, -0.25) is 9.59 Å². The Morgan fingerprint density at radius 2 is 2.14 bits per heavy atom. The lowest BCUT2D eigenvalue weighted by atomic mass is 9.96. The van der Waals surface area contributed by atoms with Crippen LogP contribution < -0.4 is 4.74 Å². The highest BCUT2D eigenvalue weighted by Crippen LogP contribution is 2.25. The van der Waals surface area contributed by atoms with Gasteiger partial charge in [-0.15, -0.1) is 0 Å². The summed E-state index contributed by atoms with van der Waals surface area (Å²) in [6.45, 7) is 2.60.